The van der Waals surface area contributed by atoms with Crippen LogP contribution in [0.2, 0.25) is 0 Å². The van der Waals surface area contributed by atoms with E-state index in [1.54, 1.807) is 0 Å². The van der Waals surface area contributed by atoms with Crippen molar-refractivity contribution in [2.75, 3.05) is 12.8 Å². The molecule has 1 saturated carbocycles. The first-order valence-electron chi connectivity index (χ1n) is 6.46. The molecule has 1 fully saturated rings. The van der Waals surface area contributed by atoms with Crippen molar-refractivity contribution < 1.29 is 0 Å². The molecule has 1 aromatic carbocycles. The van der Waals surface area contributed by atoms with Crippen LogP contribution in [0.15, 0.2) is 29.2 Å². The van der Waals surface area contributed by atoms with Crippen molar-refractivity contribution in [3.8, 4) is 6.07 Å². The molecule has 3 heteroatoms. The van der Waals surface area contributed by atoms with Gasteiger partial charge in [-0.2, -0.15) is 5.26 Å². The Balaban J connectivity index is 1.89. The van der Waals surface area contributed by atoms with Crippen molar-refractivity contribution in [1.82, 2.24) is 5.32 Å². The molecule has 0 spiro atoms. The largest absolute Gasteiger partial charge is 0.313 e. The molecule has 0 aromatic heterocycles. The van der Waals surface area contributed by atoms with E-state index in [-0.39, 0.29) is 0 Å². The molecule has 1 aliphatic rings. The Kier molecular flexibility index (Phi) is 4.31. The van der Waals surface area contributed by atoms with E-state index in [1.807, 2.05) is 18.8 Å². The number of nitrogens with one attached hydrogen (secondary N) is 1. The molecule has 1 atom stereocenters. The Morgan fingerprint density at radius 1 is 1.39 bits per heavy atom. The fourth-order valence-electron chi connectivity index (χ4n) is 1.97. The molecule has 0 amide bonds. The summed E-state index contributed by atoms with van der Waals surface area (Å²) in [6.45, 7) is 2.16. The van der Waals surface area contributed by atoms with Crippen LogP contribution in [0.5, 0.6) is 0 Å². The summed E-state index contributed by atoms with van der Waals surface area (Å²) in [6.07, 6.45) is 3.17. The molecule has 2 rings (SSSR count). The minimum absolute atomic E-state index is 0.330. The van der Waals surface area contributed by atoms with Crippen molar-refractivity contribution >= 4 is 11.8 Å². The zero-order valence-electron chi connectivity index (χ0n) is 11.1. The van der Waals surface area contributed by atoms with Crippen LogP contribution in [0.4, 0.5) is 0 Å². The lowest BCUT2D eigenvalue weighted by atomic mass is 10.1. The highest BCUT2D eigenvalue weighted by Crippen LogP contribution is 2.51. The highest BCUT2D eigenvalue weighted by Gasteiger charge is 2.42. The van der Waals surface area contributed by atoms with Crippen molar-refractivity contribution in [2.45, 2.75) is 37.1 Å². The summed E-state index contributed by atoms with van der Waals surface area (Å²) in [5, 5.41) is 12.0. The molecule has 1 unspecified atom stereocenters. The van der Waals surface area contributed by atoms with Gasteiger partial charge in [0.05, 0.1) is 6.07 Å². The van der Waals surface area contributed by atoms with Gasteiger partial charge in [-0.15, -0.1) is 11.8 Å². The minimum Gasteiger partial charge on any atom is -0.313 e. The summed E-state index contributed by atoms with van der Waals surface area (Å²) in [7, 11) is 1.98. The Labute approximate surface area is 114 Å². The summed E-state index contributed by atoms with van der Waals surface area (Å²) in [5.41, 5.74) is 1.65. The van der Waals surface area contributed by atoms with Crippen LogP contribution in [0.25, 0.3) is 0 Å². The van der Waals surface area contributed by atoms with E-state index >= 15 is 0 Å². The topological polar surface area (TPSA) is 35.8 Å². The SMILES string of the molecule is CNC(C)c1ccc(SCC2(CC#N)CC2)cc1. The zero-order chi connectivity index (χ0) is 13.0. The van der Waals surface area contributed by atoms with E-state index in [1.165, 1.54) is 23.3 Å². The lowest BCUT2D eigenvalue weighted by Crippen LogP contribution is -2.11. The summed E-state index contributed by atoms with van der Waals surface area (Å²) in [4.78, 5) is 1.31. The monoisotopic (exact) mass is 260 g/mol. The number of benzene rings is 1. The second kappa shape index (κ2) is 5.77. The van der Waals surface area contributed by atoms with Gasteiger partial charge >= 0.3 is 0 Å². The van der Waals surface area contributed by atoms with Gasteiger partial charge < -0.3 is 5.32 Å². The third-order valence-electron chi connectivity index (χ3n) is 3.77. The average molecular weight is 260 g/mol. The van der Waals surface area contributed by atoms with Crippen molar-refractivity contribution in [3.63, 3.8) is 0 Å². The third kappa shape index (κ3) is 3.28. The smallest absolute Gasteiger partial charge is 0.0627 e. The molecule has 0 radical (unpaired) electrons. The van der Waals surface area contributed by atoms with Gasteiger partial charge in [-0.05, 0) is 49.9 Å². The van der Waals surface area contributed by atoms with Crippen LogP contribution in [0.3, 0.4) is 0 Å². The molecular weight excluding hydrogens is 240 g/mol. The summed E-state index contributed by atoms with van der Waals surface area (Å²) in [6, 6.07) is 11.5. The fourth-order valence-corrected chi connectivity index (χ4v) is 3.16. The first-order valence-corrected chi connectivity index (χ1v) is 7.45. The maximum Gasteiger partial charge on any atom is 0.0627 e. The van der Waals surface area contributed by atoms with E-state index in [9.17, 15) is 0 Å². The van der Waals surface area contributed by atoms with Crippen LogP contribution >= 0.6 is 11.8 Å². The number of hydrogen-bond donors (Lipinski definition) is 1. The first kappa shape index (κ1) is 13.5. The molecule has 0 saturated heterocycles. The normalized spacial score (nSPS) is 18.1. The maximum absolute atomic E-state index is 8.80. The maximum atomic E-state index is 8.80. The number of thioether (sulfide) groups is 1. The second-order valence-corrected chi connectivity index (χ2v) is 6.25. The van der Waals surface area contributed by atoms with Crippen LogP contribution in [0, 0.1) is 16.7 Å². The second-order valence-electron chi connectivity index (χ2n) is 5.20. The molecule has 2 nitrogen and oxygen atoms in total. The molecule has 18 heavy (non-hydrogen) atoms. The van der Waals surface area contributed by atoms with Gasteiger partial charge in [0.1, 0.15) is 0 Å². The predicted octanol–water partition coefficient (Wildman–Crippen LogP) is 3.75. The highest BCUT2D eigenvalue weighted by atomic mass is 32.2. The summed E-state index contributed by atoms with van der Waals surface area (Å²) < 4.78 is 0. The van der Waals surface area contributed by atoms with Gasteiger partial charge in [0, 0.05) is 23.1 Å². The number of nitriles is 1. The molecular formula is C15H20N2S. The molecule has 1 aromatic rings. The Bertz CT molecular complexity index is 429. The Hall–Kier alpha value is -0.980. The molecule has 0 heterocycles. The third-order valence-corrected chi connectivity index (χ3v) is 5.13. The lowest BCUT2D eigenvalue weighted by molar-refractivity contribution is 0.604. The van der Waals surface area contributed by atoms with E-state index < -0.39 is 0 Å². The van der Waals surface area contributed by atoms with Crippen LogP contribution in [0.1, 0.15) is 37.8 Å². The van der Waals surface area contributed by atoms with Crippen LogP contribution in [-0.2, 0) is 0 Å². The number of rotatable bonds is 6. The van der Waals surface area contributed by atoms with Gasteiger partial charge in [0.2, 0.25) is 0 Å². The molecule has 0 aliphatic heterocycles. The highest BCUT2D eigenvalue weighted by molar-refractivity contribution is 7.99. The van der Waals surface area contributed by atoms with Crippen molar-refractivity contribution in [1.29, 1.82) is 5.26 Å². The van der Waals surface area contributed by atoms with Crippen LogP contribution < -0.4 is 5.32 Å². The molecule has 96 valence electrons. The van der Waals surface area contributed by atoms with E-state index in [0.717, 1.165) is 12.2 Å². The summed E-state index contributed by atoms with van der Waals surface area (Å²) in [5.74, 6) is 1.08. The quantitative estimate of drug-likeness (QED) is 0.791. The van der Waals surface area contributed by atoms with E-state index in [0.29, 0.717) is 11.5 Å². The van der Waals surface area contributed by atoms with Gasteiger partial charge in [0.25, 0.3) is 0 Å². The van der Waals surface area contributed by atoms with Crippen molar-refractivity contribution in [3.05, 3.63) is 29.8 Å². The van der Waals surface area contributed by atoms with Crippen LogP contribution in [-0.4, -0.2) is 12.8 Å². The Morgan fingerprint density at radius 2 is 2.06 bits per heavy atom. The zero-order valence-corrected chi connectivity index (χ0v) is 11.9. The van der Waals surface area contributed by atoms with Gasteiger partial charge in [-0.1, -0.05) is 12.1 Å². The van der Waals surface area contributed by atoms with E-state index in [4.69, 9.17) is 5.26 Å². The number of nitrogens with zero attached hydrogens (tertiary/aromatic N) is 1. The Morgan fingerprint density at radius 3 is 2.56 bits per heavy atom. The molecule has 0 bridgehead atoms. The van der Waals surface area contributed by atoms with Gasteiger partial charge in [0.15, 0.2) is 0 Å². The average Bonchev–Trinajstić information content (AvgIpc) is 3.17. The molecule has 1 N–H and O–H groups in total. The predicted molar refractivity (Wildman–Crippen MR) is 76.5 cm³/mol. The first-order chi connectivity index (χ1) is 8.69. The minimum atomic E-state index is 0.330. The fraction of sp³-hybridized carbons (Fsp3) is 0.533. The summed E-state index contributed by atoms with van der Waals surface area (Å²) >= 11 is 1.89. The number of hydrogen-bond acceptors (Lipinski definition) is 3. The standard InChI is InChI=1S/C15H20N2S/c1-12(17-2)13-3-5-14(6-4-13)18-11-15(7-8-15)9-10-16/h3-6,12,17H,7-9,11H2,1-2H3. The van der Waals surface area contributed by atoms with Gasteiger partial charge in [-0.3, -0.25) is 0 Å². The van der Waals surface area contributed by atoms with Crippen molar-refractivity contribution in [2.24, 2.45) is 5.41 Å². The molecule has 1 aliphatic carbocycles. The lowest BCUT2D eigenvalue weighted by Gasteiger charge is -2.12. The van der Waals surface area contributed by atoms with E-state index in [2.05, 4.69) is 42.6 Å². The van der Waals surface area contributed by atoms with Gasteiger partial charge in [-0.25, -0.2) is 0 Å².